The Labute approximate surface area is 99.9 Å². The largest absolute Gasteiger partial charge is 0.468 e. The summed E-state index contributed by atoms with van der Waals surface area (Å²) in [6, 6.07) is 0. The topological polar surface area (TPSA) is 75.3 Å². The van der Waals surface area contributed by atoms with E-state index in [4.69, 9.17) is 0 Å². The molecule has 1 amide bonds. The van der Waals surface area contributed by atoms with Crippen molar-refractivity contribution >= 4 is 11.9 Å². The summed E-state index contributed by atoms with van der Waals surface area (Å²) in [5.74, 6) is -0.628. The zero-order valence-electron chi connectivity index (χ0n) is 10.3. The van der Waals surface area contributed by atoms with Crippen LogP contribution in [0.5, 0.6) is 0 Å². The van der Waals surface area contributed by atoms with Crippen molar-refractivity contribution < 1.29 is 14.3 Å². The molecule has 0 aliphatic heterocycles. The molecule has 0 fully saturated rings. The van der Waals surface area contributed by atoms with Crippen molar-refractivity contribution in [3.05, 3.63) is 17.5 Å². The molecule has 1 heterocycles. The highest BCUT2D eigenvalue weighted by Gasteiger charge is 2.20. The van der Waals surface area contributed by atoms with E-state index < -0.39 is 5.97 Å². The van der Waals surface area contributed by atoms with Crippen molar-refractivity contribution in [2.24, 2.45) is 0 Å². The van der Waals surface area contributed by atoms with Crippen LogP contribution >= 0.6 is 0 Å². The lowest BCUT2D eigenvalue weighted by molar-refractivity contribution is -0.141. The maximum Gasteiger partial charge on any atom is 0.325 e. The maximum atomic E-state index is 12.1. The van der Waals surface area contributed by atoms with E-state index >= 15 is 0 Å². The van der Waals surface area contributed by atoms with Crippen LogP contribution in [0.3, 0.4) is 0 Å². The van der Waals surface area contributed by atoms with E-state index in [0.717, 1.165) is 6.42 Å². The molecule has 6 heteroatoms. The van der Waals surface area contributed by atoms with Crippen molar-refractivity contribution in [1.82, 2.24) is 15.1 Å². The van der Waals surface area contributed by atoms with Gasteiger partial charge in [-0.15, -0.1) is 0 Å². The average Bonchev–Trinajstić information content (AvgIpc) is 2.73. The quantitative estimate of drug-likeness (QED) is 0.769. The van der Waals surface area contributed by atoms with Crippen molar-refractivity contribution in [2.45, 2.75) is 20.3 Å². The first kappa shape index (κ1) is 13.2. The Kier molecular flexibility index (Phi) is 4.68. The fraction of sp³-hybridized carbons (Fsp3) is 0.545. The second-order valence-corrected chi connectivity index (χ2v) is 3.71. The maximum absolute atomic E-state index is 12.1. The van der Waals surface area contributed by atoms with Gasteiger partial charge in [-0.05, 0) is 13.3 Å². The van der Waals surface area contributed by atoms with Gasteiger partial charge in [-0.1, -0.05) is 6.92 Å². The van der Waals surface area contributed by atoms with E-state index in [-0.39, 0.29) is 12.5 Å². The number of hydrogen-bond donors (Lipinski definition) is 1. The number of nitrogens with one attached hydrogen (secondary N) is 1. The van der Waals surface area contributed by atoms with E-state index in [1.807, 2.05) is 6.92 Å². The molecule has 94 valence electrons. The molecule has 0 bridgehead atoms. The normalized spacial score (nSPS) is 10.1. The molecule has 1 aromatic heterocycles. The summed E-state index contributed by atoms with van der Waals surface area (Å²) in [7, 11) is 1.31. The molecule has 0 saturated carbocycles. The molecule has 1 rings (SSSR count). The second kappa shape index (κ2) is 6.03. The summed E-state index contributed by atoms with van der Waals surface area (Å²) in [6.45, 7) is 4.19. The van der Waals surface area contributed by atoms with Gasteiger partial charge in [-0.2, -0.15) is 5.10 Å². The molecule has 0 saturated heterocycles. The Morgan fingerprint density at radius 3 is 2.71 bits per heavy atom. The highest BCUT2D eigenvalue weighted by Crippen LogP contribution is 2.08. The van der Waals surface area contributed by atoms with Crippen molar-refractivity contribution in [3.63, 3.8) is 0 Å². The molecule has 17 heavy (non-hydrogen) atoms. The number of aryl methyl sites for hydroxylation is 1. The number of carbonyl (C=O) groups is 2. The van der Waals surface area contributed by atoms with Gasteiger partial charge in [0.25, 0.3) is 5.91 Å². The molecule has 1 aromatic rings. The first-order valence-electron chi connectivity index (χ1n) is 5.46. The van der Waals surface area contributed by atoms with E-state index in [2.05, 4.69) is 14.9 Å². The molecular formula is C11H17N3O3. The number of aromatic nitrogens is 2. The van der Waals surface area contributed by atoms with Gasteiger partial charge in [-0.25, -0.2) is 0 Å². The zero-order valence-corrected chi connectivity index (χ0v) is 10.3. The lowest BCUT2D eigenvalue weighted by Crippen LogP contribution is -2.36. The summed E-state index contributed by atoms with van der Waals surface area (Å²) >= 11 is 0. The highest BCUT2D eigenvalue weighted by atomic mass is 16.5. The van der Waals surface area contributed by atoms with Crippen molar-refractivity contribution in [2.75, 3.05) is 20.2 Å². The number of amides is 1. The molecule has 0 aromatic carbocycles. The van der Waals surface area contributed by atoms with E-state index in [9.17, 15) is 9.59 Å². The minimum atomic E-state index is -0.423. The summed E-state index contributed by atoms with van der Waals surface area (Å²) in [6.07, 6.45) is 2.25. The standard InChI is InChI=1S/C11H17N3O3/c1-4-5-14(7-10(15)17-3)11(16)9-6-12-13-8(9)2/h6H,4-5,7H2,1-3H3,(H,12,13). The smallest absolute Gasteiger partial charge is 0.325 e. The SMILES string of the molecule is CCCN(CC(=O)OC)C(=O)c1cn[nH]c1C. The van der Waals surface area contributed by atoms with Crippen LogP contribution in [0.4, 0.5) is 0 Å². The third-order valence-electron chi connectivity index (χ3n) is 2.39. The number of esters is 1. The van der Waals surface area contributed by atoms with Crippen molar-refractivity contribution in [1.29, 1.82) is 0 Å². The predicted molar refractivity (Wildman–Crippen MR) is 61.5 cm³/mol. The van der Waals surface area contributed by atoms with Gasteiger partial charge in [0.2, 0.25) is 0 Å². The third kappa shape index (κ3) is 3.30. The molecule has 0 spiro atoms. The van der Waals surface area contributed by atoms with E-state index in [1.165, 1.54) is 18.2 Å². The summed E-state index contributed by atoms with van der Waals surface area (Å²) < 4.78 is 4.57. The van der Waals surface area contributed by atoms with E-state index in [0.29, 0.717) is 17.8 Å². The van der Waals surface area contributed by atoms with Gasteiger partial charge < -0.3 is 9.64 Å². The monoisotopic (exact) mass is 239 g/mol. The molecule has 0 atom stereocenters. The minimum Gasteiger partial charge on any atom is -0.468 e. The third-order valence-corrected chi connectivity index (χ3v) is 2.39. The summed E-state index contributed by atoms with van der Waals surface area (Å²) in [5, 5.41) is 6.50. The molecule has 0 aliphatic rings. The summed E-state index contributed by atoms with van der Waals surface area (Å²) in [5.41, 5.74) is 1.18. The molecule has 6 nitrogen and oxygen atoms in total. The highest BCUT2D eigenvalue weighted by molar-refractivity contribution is 5.96. The average molecular weight is 239 g/mol. The summed E-state index contributed by atoms with van der Waals surface area (Å²) in [4.78, 5) is 24.8. The Balaban J connectivity index is 2.80. The molecule has 0 aliphatic carbocycles. The van der Waals surface area contributed by atoms with Gasteiger partial charge >= 0.3 is 5.97 Å². The van der Waals surface area contributed by atoms with Gasteiger partial charge in [0, 0.05) is 12.2 Å². The zero-order chi connectivity index (χ0) is 12.8. The number of methoxy groups -OCH3 is 1. The van der Waals surface area contributed by atoms with Crippen molar-refractivity contribution in [3.8, 4) is 0 Å². The van der Waals surface area contributed by atoms with Gasteiger partial charge in [0.1, 0.15) is 6.54 Å². The fourth-order valence-corrected chi connectivity index (χ4v) is 1.48. The Morgan fingerprint density at radius 2 is 2.24 bits per heavy atom. The minimum absolute atomic E-state index is 0.0339. The van der Waals surface area contributed by atoms with Gasteiger partial charge in [0.05, 0.1) is 18.9 Å². The van der Waals surface area contributed by atoms with Gasteiger partial charge in [-0.3, -0.25) is 14.7 Å². The molecule has 0 radical (unpaired) electrons. The lowest BCUT2D eigenvalue weighted by Gasteiger charge is -2.20. The second-order valence-electron chi connectivity index (χ2n) is 3.71. The number of nitrogens with zero attached hydrogens (tertiary/aromatic N) is 2. The number of rotatable bonds is 5. The van der Waals surface area contributed by atoms with Crippen LogP contribution in [0.2, 0.25) is 0 Å². The predicted octanol–water partition coefficient (Wildman–Crippen LogP) is 0.743. The van der Waals surface area contributed by atoms with Gasteiger partial charge in [0.15, 0.2) is 0 Å². The fourth-order valence-electron chi connectivity index (χ4n) is 1.48. The number of hydrogen-bond acceptors (Lipinski definition) is 4. The van der Waals surface area contributed by atoms with Crippen LogP contribution in [0.15, 0.2) is 6.20 Å². The lowest BCUT2D eigenvalue weighted by atomic mass is 10.2. The first-order valence-corrected chi connectivity index (χ1v) is 5.46. The Bertz CT molecular complexity index is 400. The van der Waals surface area contributed by atoms with E-state index in [1.54, 1.807) is 6.92 Å². The number of H-pyrrole nitrogens is 1. The number of ether oxygens (including phenoxy) is 1. The molecular weight excluding hydrogens is 222 g/mol. The molecule has 1 N–H and O–H groups in total. The molecule has 0 unspecified atom stereocenters. The van der Waals surface area contributed by atoms with Crippen LogP contribution in [-0.2, 0) is 9.53 Å². The van der Waals surface area contributed by atoms with Crippen LogP contribution in [0.1, 0.15) is 29.4 Å². The number of aromatic amines is 1. The van der Waals surface area contributed by atoms with Crippen LogP contribution < -0.4 is 0 Å². The van der Waals surface area contributed by atoms with Crippen LogP contribution in [0.25, 0.3) is 0 Å². The van der Waals surface area contributed by atoms with Crippen LogP contribution in [-0.4, -0.2) is 47.2 Å². The number of carbonyl (C=O) groups excluding carboxylic acids is 2. The Morgan fingerprint density at radius 1 is 1.53 bits per heavy atom. The first-order chi connectivity index (χ1) is 8.10. The Hall–Kier alpha value is -1.85. The van der Waals surface area contributed by atoms with Crippen LogP contribution in [0, 0.1) is 6.92 Å².